The molecule has 0 aliphatic heterocycles. The van der Waals surface area contributed by atoms with Crippen LogP contribution in [0.3, 0.4) is 0 Å². The van der Waals surface area contributed by atoms with Gasteiger partial charge in [0.1, 0.15) is 0 Å². The topological polar surface area (TPSA) is 32.3 Å². The molecule has 0 spiro atoms. The third kappa shape index (κ3) is 1.41. The summed E-state index contributed by atoms with van der Waals surface area (Å²) in [6.07, 6.45) is 7.32. The van der Waals surface area contributed by atoms with Crippen molar-refractivity contribution in [2.24, 2.45) is 11.8 Å². The van der Waals surface area contributed by atoms with Gasteiger partial charge in [-0.25, -0.2) is 0 Å². The Morgan fingerprint density at radius 3 is 2.64 bits per heavy atom. The molecular weight excluding hydrogens is 194 g/mol. The number of aliphatic hydroxyl groups is 1. The van der Waals surface area contributed by atoms with Crippen LogP contribution in [0.25, 0.3) is 0 Å². The van der Waals surface area contributed by atoms with Crippen LogP contribution in [-0.4, -0.2) is 34.8 Å². The zero-order chi connectivity index (χ0) is 9.71. The molecule has 3 aliphatic carbocycles. The molecule has 0 aromatic carbocycles. The molecule has 3 saturated carbocycles. The first-order valence-electron chi connectivity index (χ1n) is 5.76. The lowest BCUT2D eigenvalue weighted by atomic mass is 9.71. The van der Waals surface area contributed by atoms with Crippen LogP contribution in [0.5, 0.6) is 0 Å². The van der Waals surface area contributed by atoms with Gasteiger partial charge in [0.25, 0.3) is 0 Å². The molecule has 0 bridgehead atoms. The Labute approximate surface area is 89.8 Å². The first-order valence-corrected chi connectivity index (χ1v) is 7.05. The Morgan fingerprint density at radius 1 is 1.21 bits per heavy atom. The molecule has 3 rings (SSSR count). The van der Waals surface area contributed by atoms with Gasteiger partial charge in [-0.05, 0) is 43.8 Å². The molecule has 2 N–H and O–H groups in total. The Kier molecular flexibility index (Phi) is 2.30. The Hall–Kier alpha value is 0.270. The van der Waals surface area contributed by atoms with Crippen LogP contribution < -0.4 is 5.32 Å². The quantitative estimate of drug-likeness (QED) is 0.740. The summed E-state index contributed by atoms with van der Waals surface area (Å²) in [7, 11) is 0. The molecule has 14 heavy (non-hydrogen) atoms. The van der Waals surface area contributed by atoms with Crippen LogP contribution in [0.2, 0.25) is 0 Å². The summed E-state index contributed by atoms with van der Waals surface area (Å²) in [5.74, 6) is 1.40. The Morgan fingerprint density at radius 2 is 2.00 bits per heavy atom. The van der Waals surface area contributed by atoms with Gasteiger partial charge in [0.2, 0.25) is 0 Å². The van der Waals surface area contributed by atoms with Crippen LogP contribution in [-0.2, 0) is 0 Å². The molecule has 2 nitrogen and oxygen atoms in total. The van der Waals surface area contributed by atoms with E-state index in [0.29, 0.717) is 11.2 Å². The SMILES string of the molecule is CS[C@@H]1C[C@@H]2C(NC3CC3)C[C@@H]2[C@H]1O. The monoisotopic (exact) mass is 213 g/mol. The number of fused-ring (bicyclic) bond motifs is 1. The van der Waals surface area contributed by atoms with E-state index in [0.717, 1.165) is 18.0 Å². The lowest BCUT2D eigenvalue weighted by Crippen LogP contribution is -2.51. The smallest absolute Gasteiger partial charge is 0.0690 e. The molecule has 1 unspecified atom stereocenters. The standard InChI is InChI=1S/C11H19NOS/c1-14-10-5-7-8(11(10)13)4-9(7)12-6-2-3-6/h6-13H,2-5H2,1H3/t7-,8-,9?,10+,11+/m0/s1. The molecule has 0 aromatic heterocycles. The normalized spacial score (nSPS) is 51.4. The second-order valence-corrected chi connectivity index (χ2v) is 6.19. The summed E-state index contributed by atoms with van der Waals surface area (Å²) < 4.78 is 0. The minimum absolute atomic E-state index is 0.0211. The molecular formula is C11H19NOS. The molecule has 80 valence electrons. The fourth-order valence-electron chi connectivity index (χ4n) is 3.14. The fourth-order valence-corrected chi connectivity index (χ4v) is 4.04. The average molecular weight is 213 g/mol. The number of hydrogen-bond donors (Lipinski definition) is 2. The fraction of sp³-hybridized carbons (Fsp3) is 1.00. The summed E-state index contributed by atoms with van der Waals surface area (Å²) in [5.41, 5.74) is 0. The van der Waals surface area contributed by atoms with Crippen LogP contribution >= 0.6 is 11.8 Å². The summed E-state index contributed by atoms with van der Waals surface area (Å²) in [5, 5.41) is 14.2. The first kappa shape index (κ1) is 9.49. The molecule has 0 aromatic rings. The molecule has 3 fully saturated rings. The third-order valence-corrected chi connectivity index (χ3v) is 5.32. The van der Waals surface area contributed by atoms with Crippen LogP contribution in [0.15, 0.2) is 0 Å². The summed E-state index contributed by atoms with van der Waals surface area (Å²) in [6, 6.07) is 1.56. The number of thioether (sulfide) groups is 1. The lowest BCUT2D eigenvalue weighted by Gasteiger charge is -2.42. The second kappa shape index (κ2) is 3.39. The van der Waals surface area contributed by atoms with Gasteiger partial charge < -0.3 is 10.4 Å². The summed E-state index contributed by atoms with van der Waals surface area (Å²) >= 11 is 1.85. The van der Waals surface area contributed by atoms with E-state index in [1.165, 1.54) is 25.7 Å². The number of rotatable bonds is 3. The van der Waals surface area contributed by atoms with E-state index in [9.17, 15) is 5.11 Å². The van der Waals surface area contributed by atoms with Crippen LogP contribution in [0, 0.1) is 11.8 Å². The Balaban J connectivity index is 1.58. The van der Waals surface area contributed by atoms with Gasteiger partial charge in [-0.3, -0.25) is 0 Å². The predicted octanol–water partition coefficient (Wildman–Crippen LogP) is 1.24. The van der Waals surface area contributed by atoms with Crippen LogP contribution in [0.4, 0.5) is 0 Å². The highest BCUT2D eigenvalue weighted by atomic mass is 32.2. The van der Waals surface area contributed by atoms with Crippen LogP contribution in [0.1, 0.15) is 25.7 Å². The predicted molar refractivity (Wildman–Crippen MR) is 59.5 cm³/mol. The largest absolute Gasteiger partial charge is 0.392 e. The number of nitrogens with one attached hydrogen (secondary N) is 1. The molecule has 0 saturated heterocycles. The number of aliphatic hydroxyl groups excluding tert-OH is 1. The average Bonchev–Trinajstić information content (AvgIpc) is 2.92. The van der Waals surface area contributed by atoms with Gasteiger partial charge in [-0.1, -0.05) is 0 Å². The zero-order valence-corrected chi connectivity index (χ0v) is 9.46. The minimum Gasteiger partial charge on any atom is -0.392 e. The molecule has 3 heteroatoms. The van der Waals surface area contributed by atoms with Gasteiger partial charge in [0.15, 0.2) is 0 Å². The highest BCUT2D eigenvalue weighted by Gasteiger charge is 2.53. The van der Waals surface area contributed by atoms with Gasteiger partial charge in [0.05, 0.1) is 6.10 Å². The molecule has 0 amide bonds. The van der Waals surface area contributed by atoms with E-state index in [4.69, 9.17) is 0 Å². The maximum Gasteiger partial charge on any atom is 0.0690 e. The third-order valence-electron chi connectivity index (χ3n) is 4.25. The lowest BCUT2D eigenvalue weighted by molar-refractivity contribution is 0.0384. The first-order chi connectivity index (χ1) is 6.79. The highest BCUT2D eigenvalue weighted by molar-refractivity contribution is 7.99. The van der Waals surface area contributed by atoms with Crippen molar-refractivity contribution in [2.75, 3.05) is 6.26 Å². The minimum atomic E-state index is -0.0211. The van der Waals surface area contributed by atoms with E-state index < -0.39 is 0 Å². The molecule has 3 aliphatic rings. The van der Waals surface area contributed by atoms with Crippen molar-refractivity contribution >= 4 is 11.8 Å². The highest BCUT2D eigenvalue weighted by Crippen LogP contribution is 2.50. The molecule has 0 radical (unpaired) electrons. The van der Waals surface area contributed by atoms with Crippen molar-refractivity contribution in [1.29, 1.82) is 0 Å². The van der Waals surface area contributed by atoms with E-state index in [1.807, 2.05) is 11.8 Å². The van der Waals surface area contributed by atoms with E-state index in [-0.39, 0.29) is 6.10 Å². The number of hydrogen-bond acceptors (Lipinski definition) is 3. The van der Waals surface area contributed by atoms with Crippen molar-refractivity contribution in [3.63, 3.8) is 0 Å². The molecule has 0 heterocycles. The van der Waals surface area contributed by atoms with Gasteiger partial charge in [-0.2, -0.15) is 11.8 Å². The van der Waals surface area contributed by atoms with Gasteiger partial charge in [0, 0.05) is 17.3 Å². The molecule has 5 atom stereocenters. The van der Waals surface area contributed by atoms with Gasteiger partial charge in [-0.15, -0.1) is 0 Å². The van der Waals surface area contributed by atoms with Gasteiger partial charge >= 0.3 is 0 Å². The summed E-state index contributed by atoms with van der Waals surface area (Å²) in [6.45, 7) is 0. The van der Waals surface area contributed by atoms with E-state index >= 15 is 0 Å². The summed E-state index contributed by atoms with van der Waals surface area (Å²) in [4.78, 5) is 0. The zero-order valence-electron chi connectivity index (χ0n) is 8.65. The van der Waals surface area contributed by atoms with E-state index in [1.54, 1.807) is 0 Å². The Bertz CT molecular complexity index is 231. The van der Waals surface area contributed by atoms with Crippen molar-refractivity contribution in [3.05, 3.63) is 0 Å². The van der Waals surface area contributed by atoms with E-state index in [2.05, 4.69) is 11.6 Å². The van der Waals surface area contributed by atoms with Crippen molar-refractivity contribution in [3.8, 4) is 0 Å². The second-order valence-electron chi connectivity index (χ2n) is 5.11. The van der Waals surface area contributed by atoms with Crippen molar-refractivity contribution < 1.29 is 5.11 Å². The van der Waals surface area contributed by atoms with Crippen molar-refractivity contribution in [1.82, 2.24) is 5.32 Å². The maximum absolute atomic E-state index is 10.00. The van der Waals surface area contributed by atoms with Crippen molar-refractivity contribution in [2.45, 2.75) is 49.1 Å². The maximum atomic E-state index is 10.00.